The molecule has 29 heavy (non-hydrogen) atoms. The number of likely N-dealkylation sites (tertiary alicyclic amines) is 1. The number of nitrogens with one attached hydrogen (secondary N) is 1. The van der Waals surface area contributed by atoms with Gasteiger partial charge < -0.3 is 10.1 Å². The Bertz CT molecular complexity index is 952. The molecule has 1 aromatic rings. The third kappa shape index (κ3) is 2.56. The Morgan fingerprint density at radius 2 is 1.83 bits per heavy atom. The molecule has 3 fully saturated rings. The van der Waals surface area contributed by atoms with E-state index in [2.05, 4.69) is 17.5 Å². The largest absolute Gasteiger partial charge is 0.494 e. The van der Waals surface area contributed by atoms with E-state index in [0.717, 1.165) is 11.3 Å². The van der Waals surface area contributed by atoms with Crippen molar-refractivity contribution < 1.29 is 24.0 Å². The number of nitro groups is 1. The zero-order chi connectivity index (χ0) is 20.4. The van der Waals surface area contributed by atoms with Gasteiger partial charge in [0.2, 0.25) is 17.7 Å². The van der Waals surface area contributed by atoms with E-state index in [1.807, 2.05) is 0 Å². The lowest BCUT2D eigenvalue weighted by Gasteiger charge is -2.37. The summed E-state index contributed by atoms with van der Waals surface area (Å²) in [5, 5.41) is 13.5. The van der Waals surface area contributed by atoms with E-state index in [9.17, 15) is 24.5 Å². The number of nitrogens with zero attached hydrogens (tertiary/aromatic N) is 2. The van der Waals surface area contributed by atoms with Gasteiger partial charge in [0.15, 0.2) is 0 Å². The minimum Gasteiger partial charge on any atom is -0.494 e. The van der Waals surface area contributed by atoms with Crippen LogP contribution in [0.2, 0.25) is 0 Å². The normalized spacial score (nSPS) is 33.3. The lowest BCUT2D eigenvalue weighted by Crippen LogP contribution is -2.40. The van der Waals surface area contributed by atoms with Crippen LogP contribution < -0.4 is 10.1 Å². The third-order valence-electron chi connectivity index (χ3n) is 6.73. The lowest BCUT2D eigenvalue weighted by molar-refractivity contribution is -0.384. The van der Waals surface area contributed by atoms with Crippen molar-refractivity contribution >= 4 is 29.1 Å². The van der Waals surface area contributed by atoms with Crippen LogP contribution in [0.25, 0.3) is 0 Å². The molecule has 2 bridgehead atoms. The molecule has 4 aliphatic carbocycles. The predicted octanol–water partition coefficient (Wildman–Crippen LogP) is 1.59. The number of amides is 3. The fourth-order valence-electron chi connectivity index (χ4n) is 5.40. The number of carbonyl (C=O) groups is 3. The molecule has 1 N–H and O–H groups in total. The number of rotatable bonds is 5. The summed E-state index contributed by atoms with van der Waals surface area (Å²) in [6.07, 6.45) is 5.24. The Kier molecular flexibility index (Phi) is 3.77. The first-order valence-corrected chi connectivity index (χ1v) is 9.56. The number of ether oxygens (including phenoxy) is 1. The first kappa shape index (κ1) is 17.8. The van der Waals surface area contributed by atoms with Crippen LogP contribution >= 0.6 is 0 Å². The summed E-state index contributed by atoms with van der Waals surface area (Å²) >= 11 is 0. The van der Waals surface area contributed by atoms with Crippen LogP contribution in [-0.4, -0.2) is 41.2 Å². The summed E-state index contributed by atoms with van der Waals surface area (Å²) in [6.45, 7) is -0.375. The molecule has 1 aromatic carbocycles. The van der Waals surface area contributed by atoms with Gasteiger partial charge in [-0.05, 0) is 36.2 Å². The number of carbonyl (C=O) groups excluding carboxylic acids is 3. The number of nitro benzene ring substituents is 1. The van der Waals surface area contributed by atoms with Crippen LogP contribution in [0.15, 0.2) is 30.4 Å². The van der Waals surface area contributed by atoms with Gasteiger partial charge in [0.1, 0.15) is 12.3 Å². The number of non-ortho nitro benzene ring substituents is 1. The smallest absolute Gasteiger partial charge is 0.273 e. The summed E-state index contributed by atoms with van der Waals surface area (Å²) in [4.78, 5) is 49.8. The molecular formula is C20H19N3O6. The summed E-state index contributed by atoms with van der Waals surface area (Å²) in [5.41, 5.74) is 0.0676. The van der Waals surface area contributed by atoms with Gasteiger partial charge in [-0.15, -0.1) is 0 Å². The van der Waals surface area contributed by atoms with Crippen LogP contribution in [0.3, 0.4) is 0 Å². The van der Waals surface area contributed by atoms with E-state index in [1.54, 1.807) is 0 Å². The summed E-state index contributed by atoms with van der Waals surface area (Å²) < 4.78 is 5.10. The highest BCUT2D eigenvalue weighted by atomic mass is 16.6. The molecule has 1 aliphatic heterocycles. The Balaban J connectivity index is 1.32. The monoisotopic (exact) mass is 397 g/mol. The van der Waals surface area contributed by atoms with Crippen LogP contribution in [-0.2, 0) is 14.4 Å². The molecule has 2 saturated carbocycles. The Morgan fingerprint density at radius 1 is 1.21 bits per heavy atom. The highest BCUT2D eigenvalue weighted by Crippen LogP contribution is 2.65. The van der Waals surface area contributed by atoms with Crippen molar-refractivity contribution in [3.63, 3.8) is 0 Å². The number of anilines is 1. The number of benzene rings is 1. The van der Waals surface area contributed by atoms with Crippen molar-refractivity contribution in [3.8, 4) is 5.75 Å². The fraction of sp³-hybridized carbons (Fsp3) is 0.450. The standard InChI is InChI=1S/C20H19N3O6/c1-29-15-6-9(23(27)28)2-5-14(15)21-16(24)8-22-19(25)17-10-3-4-11(13-7-12(10)13)18(17)20(22)26/h2-6,10-13,17-18H,7-8H2,1H3,(H,21,24). The van der Waals surface area contributed by atoms with Gasteiger partial charge in [-0.25, -0.2) is 0 Å². The van der Waals surface area contributed by atoms with Crippen molar-refractivity contribution in [2.75, 3.05) is 19.0 Å². The van der Waals surface area contributed by atoms with E-state index < -0.39 is 10.8 Å². The predicted molar refractivity (Wildman–Crippen MR) is 99.7 cm³/mol. The van der Waals surface area contributed by atoms with Crippen molar-refractivity contribution in [2.45, 2.75) is 6.42 Å². The van der Waals surface area contributed by atoms with Crippen molar-refractivity contribution in [1.82, 2.24) is 4.90 Å². The van der Waals surface area contributed by atoms with Gasteiger partial charge in [0, 0.05) is 6.07 Å². The van der Waals surface area contributed by atoms with E-state index in [0.29, 0.717) is 11.8 Å². The average Bonchev–Trinajstić information content (AvgIpc) is 3.49. The van der Waals surface area contributed by atoms with Gasteiger partial charge in [-0.1, -0.05) is 12.2 Å². The van der Waals surface area contributed by atoms with E-state index in [4.69, 9.17) is 4.74 Å². The van der Waals surface area contributed by atoms with Gasteiger partial charge in [-0.3, -0.25) is 29.4 Å². The third-order valence-corrected chi connectivity index (χ3v) is 6.73. The second-order valence-electron chi connectivity index (χ2n) is 8.11. The average molecular weight is 397 g/mol. The second-order valence-corrected chi connectivity index (χ2v) is 8.11. The van der Waals surface area contributed by atoms with Crippen molar-refractivity contribution in [2.24, 2.45) is 35.5 Å². The minimum atomic E-state index is -0.565. The van der Waals surface area contributed by atoms with E-state index in [-0.39, 0.29) is 59.2 Å². The van der Waals surface area contributed by atoms with Crippen LogP contribution in [0, 0.1) is 45.6 Å². The number of imide groups is 1. The molecule has 1 saturated heterocycles. The topological polar surface area (TPSA) is 119 Å². The second kappa shape index (κ2) is 6.13. The maximum atomic E-state index is 12.9. The first-order chi connectivity index (χ1) is 13.9. The molecule has 3 amide bonds. The van der Waals surface area contributed by atoms with Gasteiger partial charge in [0.25, 0.3) is 5.69 Å². The van der Waals surface area contributed by atoms with Crippen LogP contribution in [0.4, 0.5) is 11.4 Å². The number of hydrogen-bond donors (Lipinski definition) is 1. The van der Waals surface area contributed by atoms with E-state index >= 15 is 0 Å². The molecule has 0 radical (unpaired) electrons. The van der Waals surface area contributed by atoms with Crippen molar-refractivity contribution in [3.05, 3.63) is 40.5 Å². The number of hydrogen-bond acceptors (Lipinski definition) is 6. The fourth-order valence-corrected chi connectivity index (χ4v) is 5.40. The van der Waals surface area contributed by atoms with E-state index in [1.165, 1.54) is 25.3 Å². The SMILES string of the molecule is COc1cc([N+](=O)[O-])ccc1NC(=O)CN1C(=O)C2C3C=CC(C4CC34)C2C1=O. The van der Waals surface area contributed by atoms with Gasteiger partial charge in [-0.2, -0.15) is 0 Å². The molecule has 6 rings (SSSR count). The van der Waals surface area contributed by atoms with Crippen LogP contribution in [0.5, 0.6) is 5.75 Å². The molecule has 0 aromatic heterocycles. The molecule has 0 spiro atoms. The zero-order valence-corrected chi connectivity index (χ0v) is 15.6. The minimum absolute atomic E-state index is 0.106. The molecule has 150 valence electrons. The van der Waals surface area contributed by atoms with Crippen molar-refractivity contribution in [1.29, 1.82) is 0 Å². The first-order valence-electron chi connectivity index (χ1n) is 9.56. The maximum absolute atomic E-state index is 12.9. The molecule has 9 heteroatoms. The maximum Gasteiger partial charge on any atom is 0.273 e. The molecule has 5 aliphatic rings. The number of allylic oxidation sites excluding steroid dienone is 2. The van der Waals surface area contributed by atoms with Gasteiger partial charge in [0.05, 0.1) is 35.6 Å². The highest BCUT2D eigenvalue weighted by molar-refractivity contribution is 6.09. The summed E-state index contributed by atoms with van der Waals surface area (Å²) in [5.74, 6) is -0.437. The Morgan fingerprint density at radius 3 is 2.38 bits per heavy atom. The molecule has 9 nitrogen and oxygen atoms in total. The molecule has 6 atom stereocenters. The quantitative estimate of drug-likeness (QED) is 0.349. The Hall–Kier alpha value is -3.23. The highest BCUT2D eigenvalue weighted by Gasteiger charge is 2.67. The summed E-state index contributed by atoms with van der Waals surface area (Å²) in [6, 6.07) is 3.81. The molecular weight excluding hydrogens is 378 g/mol. The Labute approximate surface area is 165 Å². The number of methoxy groups -OCH3 is 1. The lowest BCUT2D eigenvalue weighted by atomic mass is 9.63. The molecule has 6 unspecified atom stereocenters. The van der Waals surface area contributed by atoms with Crippen LogP contribution in [0.1, 0.15) is 6.42 Å². The summed E-state index contributed by atoms with van der Waals surface area (Å²) in [7, 11) is 1.33. The van der Waals surface area contributed by atoms with Gasteiger partial charge >= 0.3 is 0 Å². The zero-order valence-electron chi connectivity index (χ0n) is 15.6. The molecule has 1 heterocycles.